The molecule has 0 bridgehead atoms. The van der Waals surface area contributed by atoms with Gasteiger partial charge in [0.05, 0.1) is 22.4 Å². The number of halogens is 2. The summed E-state index contributed by atoms with van der Waals surface area (Å²) in [6.07, 6.45) is 0. The molecule has 1 unspecified atom stereocenters. The van der Waals surface area contributed by atoms with E-state index in [-0.39, 0.29) is 5.91 Å². The Labute approximate surface area is 171 Å². The Kier molecular flexibility index (Phi) is 5.72. The first kappa shape index (κ1) is 19.6. The number of anilines is 1. The van der Waals surface area contributed by atoms with Gasteiger partial charge in [-0.15, -0.1) is 0 Å². The van der Waals surface area contributed by atoms with E-state index in [9.17, 15) is 4.79 Å². The van der Waals surface area contributed by atoms with E-state index in [4.69, 9.17) is 11.6 Å². The predicted molar refractivity (Wildman–Crippen MR) is 110 cm³/mol. The number of benzene rings is 1. The highest BCUT2D eigenvalue weighted by molar-refractivity contribution is 9.10. The molecule has 0 aliphatic heterocycles. The van der Waals surface area contributed by atoms with Crippen LogP contribution in [0, 0.1) is 20.8 Å². The van der Waals surface area contributed by atoms with Gasteiger partial charge in [-0.2, -0.15) is 10.2 Å². The molecule has 27 heavy (non-hydrogen) atoms. The third kappa shape index (κ3) is 4.09. The van der Waals surface area contributed by atoms with Crippen molar-refractivity contribution in [2.75, 3.05) is 5.32 Å². The third-order valence-corrected chi connectivity index (χ3v) is 6.01. The Bertz CT molecular complexity index is 994. The van der Waals surface area contributed by atoms with Crippen LogP contribution in [0.25, 0.3) is 0 Å². The van der Waals surface area contributed by atoms with Crippen LogP contribution >= 0.6 is 27.5 Å². The minimum absolute atomic E-state index is 0.171. The van der Waals surface area contributed by atoms with Gasteiger partial charge in [0.25, 0.3) is 0 Å². The summed E-state index contributed by atoms with van der Waals surface area (Å²) in [5.74, 6) is 0.340. The van der Waals surface area contributed by atoms with E-state index in [1.54, 1.807) is 4.68 Å². The molecule has 142 valence electrons. The summed E-state index contributed by atoms with van der Waals surface area (Å²) < 4.78 is 4.45. The van der Waals surface area contributed by atoms with Gasteiger partial charge in [0.1, 0.15) is 6.04 Å². The molecule has 2 aromatic heterocycles. The van der Waals surface area contributed by atoms with Gasteiger partial charge in [-0.25, -0.2) is 0 Å². The third-order valence-electron chi connectivity index (χ3n) is 4.49. The highest BCUT2D eigenvalue weighted by Gasteiger charge is 2.21. The molecule has 0 aliphatic rings. The first-order valence-corrected chi connectivity index (χ1v) is 9.75. The topological polar surface area (TPSA) is 64.7 Å². The first-order chi connectivity index (χ1) is 12.8. The second kappa shape index (κ2) is 7.86. The second-order valence-corrected chi connectivity index (χ2v) is 7.71. The van der Waals surface area contributed by atoms with E-state index in [0.29, 0.717) is 17.4 Å². The quantitative estimate of drug-likeness (QED) is 0.614. The Morgan fingerprint density at radius 3 is 2.59 bits per heavy atom. The number of rotatable bonds is 5. The van der Waals surface area contributed by atoms with E-state index in [1.165, 1.54) is 0 Å². The van der Waals surface area contributed by atoms with Gasteiger partial charge in [0.15, 0.2) is 5.82 Å². The SMILES string of the molecule is Cc1nn(C(C)C(=O)Nc2cc(C)n(Cc3ccccc3Cl)n2)c(C)c1Br. The van der Waals surface area contributed by atoms with Crippen LogP contribution in [0.4, 0.5) is 5.82 Å². The minimum Gasteiger partial charge on any atom is -0.307 e. The molecule has 8 heteroatoms. The van der Waals surface area contributed by atoms with Gasteiger partial charge in [-0.3, -0.25) is 14.2 Å². The molecule has 6 nitrogen and oxygen atoms in total. The molecule has 0 aliphatic carbocycles. The van der Waals surface area contributed by atoms with Crippen molar-refractivity contribution in [1.29, 1.82) is 0 Å². The van der Waals surface area contributed by atoms with Crippen molar-refractivity contribution < 1.29 is 4.79 Å². The zero-order valence-electron chi connectivity index (χ0n) is 15.6. The van der Waals surface area contributed by atoms with Crippen molar-refractivity contribution in [3.8, 4) is 0 Å². The number of aryl methyl sites for hydroxylation is 2. The van der Waals surface area contributed by atoms with E-state index in [2.05, 4.69) is 31.4 Å². The molecule has 2 heterocycles. The lowest BCUT2D eigenvalue weighted by molar-refractivity contribution is -0.119. The summed E-state index contributed by atoms with van der Waals surface area (Å²) in [7, 11) is 0. The van der Waals surface area contributed by atoms with Crippen LogP contribution in [0.3, 0.4) is 0 Å². The van der Waals surface area contributed by atoms with Crippen molar-refractivity contribution in [2.45, 2.75) is 40.3 Å². The maximum atomic E-state index is 12.7. The lowest BCUT2D eigenvalue weighted by Crippen LogP contribution is -2.25. The fourth-order valence-electron chi connectivity index (χ4n) is 2.88. The lowest BCUT2D eigenvalue weighted by Gasteiger charge is -2.13. The smallest absolute Gasteiger partial charge is 0.250 e. The summed E-state index contributed by atoms with van der Waals surface area (Å²) in [6, 6.07) is 9.04. The number of hydrogen-bond donors (Lipinski definition) is 1. The van der Waals surface area contributed by atoms with Crippen molar-refractivity contribution in [2.24, 2.45) is 0 Å². The number of nitrogens with one attached hydrogen (secondary N) is 1. The van der Waals surface area contributed by atoms with Crippen molar-refractivity contribution in [3.63, 3.8) is 0 Å². The number of carbonyl (C=O) groups excluding carboxylic acids is 1. The standard InChI is InChI=1S/C19H21BrClN5O/c1-11-9-17(24-25(11)10-15-7-5-6-8-16(15)21)22-19(27)14(4)26-13(3)18(20)12(2)23-26/h5-9,14H,10H2,1-4H3,(H,22,24,27). The number of hydrogen-bond acceptors (Lipinski definition) is 3. The fourth-order valence-corrected chi connectivity index (χ4v) is 3.34. The molecule has 1 atom stereocenters. The highest BCUT2D eigenvalue weighted by atomic mass is 79.9. The second-order valence-electron chi connectivity index (χ2n) is 6.51. The number of aromatic nitrogens is 4. The molecule has 0 spiro atoms. The predicted octanol–water partition coefficient (Wildman–Crippen LogP) is 4.67. The summed E-state index contributed by atoms with van der Waals surface area (Å²) in [5, 5.41) is 12.5. The van der Waals surface area contributed by atoms with Crippen LogP contribution in [-0.4, -0.2) is 25.5 Å². The van der Waals surface area contributed by atoms with E-state index < -0.39 is 6.04 Å². The summed E-state index contributed by atoms with van der Waals surface area (Å²) in [4.78, 5) is 12.7. The summed E-state index contributed by atoms with van der Waals surface area (Å²) in [5.41, 5.74) is 3.68. The van der Waals surface area contributed by atoms with Gasteiger partial charge in [-0.05, 0) is 55.3 Å². The van der Waals surface area contributed by atoms with Gasteiger partial charge in [-0.1, -0.05) is 29.8 Å². The summed E-state index contributed by atoms with van der Waals surface area (Å²) in [6.45, 7) is 8.13. The van der Waals surface area contributed by atoms with Gasteiger partial charge < -0.3 is 5.32 Å². The molecular formula is C19H21BrClN5O. The molecule has 0 radical (unpaired) electrons. The first-order valence-electron chi connectivity index (χ1n) is 8.58. The maximum Gasteiger partial charge on any atom is 0.250 e. The fraction of sp³-hybridized carbons (Fsp3) is 0.316. The molecule has 3 rings (SSSR count). The molecule has 0 fully saturated rings. The van der Waals surface area contributed by atoms with Crippen molar-refractivity contribution in [3.05, 3.63) is 62.5 Å². The van der Waals surface area contributed by atoms with E-state index in [0.717, 1.165) is 27.1 Å². The lowest BCUT2D eigenvalue weighted by atomic mass is 10.2. The number of carbonyl (C=O) groups is 1. The normalized spacial score (nSPS) is 12.2. The van der Waals surface area contributed by atoms with Gasteiger partial charge in [0.2, 0.25) is 5.91 Å². The number of nitrogens with zero attached hydrogens (tertiary/aromatic N) is 4. The van der Waals surface area contributed by atoms with Crippen molar-refractivity contribution in [1.82, 2.24) is 19.6 Å². The van der Waals surface area contributed by atoms with E-state index in [1.807, 2.05) is 62.7 Å². The number of amides is 1. The Morgan fingerprint density at radius 1 is 1.26 bits per heavy atom. The Morgan fingerprint density at radius 2 is 1.96 bits per heavy atom. The average molecular weight is 451 g/mol. The van der Waals surface area contributed by atoms with Crippen LogP contribution < -0.4 is 5.32 Å². The van der Waals surface area contributed by atoms with Crippen LogP contribution in [0.15, 0.2) is 34.8 Å². The van der Waals surface area contributed by atoms with Crippen LogP contribution in [0.1, 0.15) is 35.6 Å². The minimum atomic E-state index is -0.455. The van der Waals surface area contributed by atoms with Crippen LogP contribution in [0.2, 0.25) is 5.02 Å². The zero-order valence-corrected chi connectivity index (χ0v) is 18.0. The van der Waals surface area contributed by atoms with E-state index >= 15 is 0 Å². The largest absolute Gasteiger partial charge is 0.307 e. The Balaban J connectivity index is 1.75. The zero-order chi connectivity index (χ0) is 19.7. The Hall–Kier alpha value is -2.12. The molecule has 0 saturated heterocycles. The average Bonchev–Trinajstić information content (AvgIpc) is 3.10. The van der Waals surface area contributed by atoms with Gasteiger partial charge in [0, 0.05) is 16.8 Å². The maximum absolute atomic E-state index is 12.7. The van der Waals surface area contributed by atoms with Gasteiger partial charge >= 0.3 is 0 Å². The molecule has 0 saturated carbocycles. The van der Waals surface area contributed by atoms with Crippen molar-refractivity contribution >= 4 is 39.3 Å². The summed E-state index contributed by atoms with van der Waals surface area (Å²) >= 11 is 9.73. The molecule has 1 amide bonds. The molecule has 1 aromatic carbocycles. The molecule has 3 aromatic rings. The molecule has 1 N–H and O–H groups in total. The van der Waals surface area contributed by atoms with Crippen LogP contribution in [0.5, 0.6) is 0 Å². The molecular weight excluding hydrogens is 430 g/mol. The van der Waals surface area contributed by atoms with Crippen LogP contribution in [-0.2, 0) is 11.3 Å². The monoisotopic (exact) mass is 449 g/mol. The highest BCUT2D eigenvalue weighted by Crippen LogP contribution is 2.24.